The summed E-state index contributed by atoms with van der Waals surface area (Å²) in [6.45, 7) is 2.64. The van der Waals surface area contributed by atoms with Crippen LogP contribution in [0.5, 0.6) is 0 Å². The van der Waals surface area contributed by atoms with Crippen LogP contribution < -0.4 is 0 Å². The molecular formula is C15H15N3O2. The van der Waals surface area contributed by atoms with E-state index in [2.05, 4.69) is 17.1 Å². The van der Waals surface area contributed by atoms with Gasteiger partial charge in [0.2, 0.25) is 5.89 Å². The second kappa shape index (κ2) is 5.28. The third-order valence-corrected chi connectivity index (χ3v) is 3.22. The van der Waals surface area contributed by atoms with Gasteiger partial charge in [0.05, 0.1) is 6.54 Å². The molecule has 0 spiro atoms. The first-order valence-corrected chi connectivity index (χ1v) is 6.65. The summed E-state index contributed by atoms with van der Waals surface area (Å²) in [5, 5.41) is 5.02. The Hall–Kier alpha value is -2.43. The second-order valence-corrected chi connectivity index (χ2v) is 4.73. The first kappa shape index (κ1) is 12.6. The molecule has 2 heterocycles. The summed E-state index contributed by atoms with van der Waals surface area (Å²) in [7, 11) is 0. The van der Waals surface area contributed by atoms with Crippen molar-refractivity contribution in [3.8, 4) is 0 Å². The van der Waals surface area contributed by atoms with E-state index in [0.717, 1.165) is 30.0 Å². The minimum atomic E-state index is 0.567. The summed E-state index contributed by atoms with van der Waals surface area (Å²) in [5.74, 6) is 1.35. The monoisotopic (exact) mass is 269 g/mol. The zero-order chi connectivity index (χ0) is 13.9. The average molecular weight is 269 g/mol. The van der Waals surface area contributed by atoms with Gasteiger partial charge >= 0.3 is 0 Å². The van der Waals surface area contributed by atoms with Crippen molar-refractivity contribution in [2.24, 2.45) is 0 Å². The van der Waals surface area contributed by atoms with Crippen molar-refractivity contribution in [2.45, 2.75) is 26.3 Å². The standard InChI is InChI=1S/C15H15N3O2/c1-2-3-15-16-14(17-20-15)9-18-7-6-12-8-11(10-19)4-5-13(12)18/h4-8,10H,2-3,9H2,1H3. The van der Waals surface area contributed by atoms with Crippen LogP contribution in [0.4, 0.5) is 0 Å². The first-order chi connectivity index (χ1) is 9.80. The first-order valence-electron chi connectivity index (χ1n) is 6.65. The minimum absolute atomic E-state index is 0.567. The molecule has 0 unspecified atom stereocenters. The maximum absolute atomic E-state index is 10.8. The lowest BCUT2D eigenvalue weighted by molar-refractivity contribution is 0.112. The van der Waals surface area contributed by atoms with Crippen molar-refractivity contribution in [1.29, 1.82) is 0 Å². The number of aromatic nitrogens is 3. The predicted octanol–water partition coefficient (Wildman–Crippen LogP) is 2.84. The Morgan fingerprint density at radius 2 is 2.25 bits per heavy atom. The molecule has 0 fully saturated rings. The van der Waals surface area contributed by atoms with Gasteiger partial charge in [-0.15, -0.1) is 0 Å². The second-order valence-electron chi connectivity index (χ2n) is 4.73. The fourth-order valence-corrected chi connectivity index (χ4v) is 2.25. The molecule has 3 rings (SSSR count). The SMILES string of the molecule is CCCc1nc(Cn2ccc3cc(C=O)ccc32)no1. The lowest BCUT2D eigenvalue weighted by atomic mass is 10.2. The Balaban J connectivity index is 1.88. The molecule has 0 saturated carbocycles. The maximum Gasteiger partial charge on any atom is 0.226 e. The smallest absolute Gasteiger partial charge is 0.226 e. The molecule has 102 valence electrons. The summed E-state index contributed by atoms with van der Waals surface area (Å²) in [6, 6.07) is 7.60. The number of hydrogen-bond donors (Lipinski definition) is 0. The molecule has 0 aliphatic carbocycles. The summed E-state index contributed by atoms with van der Waals surface area (Å²) < 4.78 is 7.23. The molecule has 2 aromatic heterocycles. The highest BCUT2D eigenvalue weighted by molar-refractivity contribution is 5.87. The molecule has 3 aromatic rings. The van der Waals surface area contributed by atoms with Gasteiger partial charge in [-0.3, -0.25) is 4.79 Å². The molecule has 5 heteroatoms. The van der Waals surface area contributed by atoms with Crippen LogP contribution in [0, 0.1) is 0 Å². The zero-order valence-corrected chi connectivity index (χ0v) is 11.2. The molecule has 0 N–H and O–H groups in total. The van der Waals surface area contributed by atoms with Gasteiger partial charge in [0, 0.05) is 29.1 Å². The highest BCUT2D eigenvalue weighted by Crippen LogP contribution is 2.18. The molecule has 0 radical (unpaired) electrons. The van der Waals surface area contributed by atoms with Gasteiger partial charge in [-0.25, -0.2) is 0 Å². The van der Waals surface area contributed by atoms with E-state index in [1.165, 1.54) is 0 Å². The number of aldehydes is 1. The number of nitrogens with zero attached hydrogens (tertiary/aromatic N) is 3. The number of fused-ring (bicyclic) bond motifs is 1. The summed E-state index contributed by atoms with van der Waals surface area (Å²) in [4.78, 5) is 15.1. The molecule has 0 saturated heterocycles. The Labute approximate surface area is 116 Å². The number of carbonyl (C=O) groups is 1. The number of aryl methyl sites for hydroxylation is 1. The van der Waals surface area contributed by atoms with Crippen molar-refractivity contribution in [2.75, 3.05) is 0 Å². The molecule has 0 bridgehead atoms. The van der Waals surface area contributed by atoms with Crippen LogP contribution >= 0.6 is 0 Å². The third kappa shape index (κ3) is 2.34. The van der Waals surface area contributed by atoms with Crippen LogP contribution in [0.1, 0.15) is 35.4 Å². The van der Waals surface area contributed by atoms with E-state index < -0.39 is 0 Å². The van der Waals surface area contributed by atoms with Crippen LogP contribution in [0.3, 0.4) is 0 Å². The number of benzene rings is 1. The van der Waals surface area contributed by atoms with Crippen LogP contribution in [-0.2, 0) is 13.0 Å². The van der Waals surface area contributed by atoms with Gasteiger partial charge in [-0.1, -0.05) is 12.1 Å². The fourth-order valence-electron chi connectivity index (χ4n) is 2.25. The lowest BCUT2D eigenvalue weighted by Crippen LogP contribution is -2.00. The number of hydrogen-bond acceptors (Lipinski definition) is 4. The van der Waals surface area contributed by atoms with E-state index in [1.54, 1.807) is 0 Å². The van der Waals surface area contributed by atoms with Gasteiger partial charge in [0.25, 0.3) is 0 Å². The summed E-state index contributed by atoms with van der Waals surface area (Å²) in [6.07, 6.45) is 4.62. The number of carbonyl (C=O) groups excluding carboxylic acids is 1. The predicted molar refractivity (Wildman–Crippen MR) is 74.7 cm³/mol. The largest absolute Gasteiger partial charge is 0.340 e. The maximum atomic E-state index is 10.8. The van der Waals surface area contributed by atoms with E-state index in [1.807, 2.05) is 35.0 Å². The highest BCUT2D eigenvalue weighted by Gasteiger charge is 2.08. The van der Waals surface area contributed by atoms with Gasteiger partial charge in [0.15, 0.2) is 5.82 Å². The van der Waals surface area contributed by atoms with Crippen LogP contribution in [-0.4, -0.2) is 21.0 Å². The normalized spacial score (nSPS) is 11.1. The van der Waals surface area contributed by atoms with Gasteiger partial charge in [-0.05, 0) is 30.7 Å². The average Bonchev–Trinajstić information content (AvgIpc) is 3.07. The van der Waals surface area contributed by atoms with E-state index >= 15 is 0 Å². The van der Waals surface area contributed by atoms with Crippen molar-refractivity contribution in [3.63, 3.8) is 0 Å². The summed E-state index contributed by atoms with van der Waals surface area (Å²) in [5.41, 5.74) is 1.73. The lowest BCUT2D eigenvalue weighted by Gasteiger charge is -2.01. The van der Waals surface area contributed by atoms with E-state index in [4.69, 9.17) is 4.52 Å². The van der Waals surface area contributed by atoms with E-state index in [-0.39, 0.29) is 0 Å². The highest BCUT2D eigenvalue weighted by atomic mass is 16.5. The van der Waals surface area contributed by atoms with Gasteiger partial charge < -0.3 is 9.09 Å². The minimum Gasteiger partial charge on any atom is -0.340 e. The van der Waals surface area contributed by atoms with Gasteiger partial charge in [0.1, 0.15) is 6.29 Å². The molecule has 0 aliphatic rings. The topological polar surface area (TPSA) is 60.9 Å². The van der Waals surface area contributed by atoms with Crippen molar-refractivity contribution >= 4 is 17.2 Å². The van der Waals surface area contributed by atoms with Crippen molar-refractivity contribution in [3.05, 3.63) is 47.7 Å². The van der Waals surface area contributed by atoms with E-state index in [9.17, 15) is 4.79 Å². The van der Waals surface area contributed by atoms with Crippen LogP contribution in [0.2, 0.25) is 0 Å². The Bertz CT molecular complexity index is 742. The third-order valence-electron chi connectivity index (χ3n) is 3.22. The Morgan fingerprint density at radius 1 is 1.35 bits per heavy atom. The Kier molecular flexibility index (Phi) is 3.33. The molecule has 0 amide bonds. The molecule has 0 aliphatic heterocycles. The fraction of sp³-hybridized carbons (Fsp3) is 0.267. The molecule has 20 heavy (non-hydrogen) atoms. The van der Waals surface area contributed by atoms with E-state index in [0.29, 0.717) is 23.8 Å². The molecular weight excluding hydrogens is 254 g/mol. The summed E-state index contributed by atoms with van der Waals surface area (Å²) >= 11 is 0. The van der Waals surface area contributed by atoms with Gasteiger partial charge in [-0.2, -0.15) is 4.98 Å². The zero-order valence-electron chi connectivity index (χ0n) is 11.2. The van der Waals surface area contributed by atoms with Crippen molar-refractivity contribution in [1.82, 2.24) is 14.7 Å². The van der Waals surface area contributed by atoms with Crippen molar-refractivity contribution < 1.29 is 9.32 Å². The Morgan fingerprint density at radius 3 is 3.05 bits per heavy atom. The molecule has 0 atom stereocenters. The van der Waals surface area contributed by atoms with Crippen LogP contribution in [0.15, 0.2) is 35.0 Å². The number of rotatable bonds is 5. The molecule has 1 aromatic carbocycles. The molecule has 5 nitrogen and oxygen atoms in total. The quantitative estimate of drug-likeness (QED) is 0.668. The van der Waals surface area contributed by atoms with Crippen LogP contribution in [0.25, 0.3) is 10.9 Å².